The second-order valence-electron chi connectivity index (χ2n) is 3.94. The largest absolute Gasteiger partial charge is 0.289 e. The van der Waals surface area contributed by atoms with Crippen molar-refractivity contribution in [2.24, 2.45) is 5.92 Å². The highest BCUT2D eigenvalue weighted by molar-refractivity contribution is 5.02. The molecule has 1 saturated carbocycles. The lowest BCUT2D eigenvalue weighted by Crippen LogP contribution is -2.50. The van der Waals surface area contributed by atoms with E-state index in [-0.39, 0.29) is 0 Å². The fourth-order valence-corrected chi connectivity index (χ4v) is 2.47. The summed E-state index contributed by atoms with van der Waals surface area (Å²) >= 11 is 0. The molecule has 2 atom stereocenters. The third-order valence-corrected chi connectivity index (χ3v) is 3.33. The molecule has 0 spiro atoms. The Bertz CT molecular complexity index is 211. The first-order valence-corrected chi connectivity index (χ1v) is 5.05. The van der Waals surface area contributed by atoms with E-state index in [0.29, 0.717) is 0 Å². The molecule has 0 N–H and O–H groups in total. The number of likely N-dealkylation sites (tertiary alicyclic amines) is 1. The summed E-state index contributed by atoms with van der Waals surface area (Å²) in [5, 5.41) is 0. The lowest BCUT2D eigenvalue weighted by Gasteiger charge is -2.47. The van der Waals surface area contributed by atoms with E-state index >= 15 is 0 Å². The minimum Gasteiger partial charge on any atom is -0.289 e. The Morgan fingerprint density at radius 2 is 2.25 bits per heavy atom. The van der Waals surface area contributed by atoms with Gasteiger partial charge >= 0.3 is 0 Å². The number of nitrogens with zero attached hydrogens (tertiary/aromatic N) is 1. The minimum atomic E-state index is 0.902. The van der Waals surface area contributed by atoms with Gasteiger partial charge in [-0.15, -0.1) is 5.92 Å². The van der Waals surface area contributed by atoms with Crippen molar-refractivity contribution < 1.29 is 0 Å². The zero-order chi connectivity index (χ0) is 8.39. The molecule has 0 amide bonds. The van der Waals surface area contributed by atoms with Crippen LogP contribution in [0.1, 0.15) is 32.6 Å². The number of piperidine rings is 1. The average molecular weight is 163 g/mol. The van der Waals surface area contributed by atoms with Crippen LogP contribution in [0.25, 0.3) is 0 Å². The van der Waals surface area contributed by atoms with Crippen molar-refractivity contribution in [2.45, 2.75) is 38.6 Å². The lowest BCUT2D eigenvalue weighted by molar-refractivity contribution is 0.0309. The topological polar surface area (TPSA) is 3.24 Å². The Labute approximate surface area is 75.1 Å². The number of hydrogen-bond acceptors (Lipinski definition) is 1. The van der Waals surface area contributed by atoms with Crippen LogP contribution < -0.4 is 0 Å². The van der Waals surface area contributed by atoms with Crippen molar-refractivity contribution in [3.63, 3.8) is 0 Å². The van der Waals surface area contributed by atoms with Gasteiger partial charge < -0.3 is 0 Å². The predicted molar refractivity (Wildman–Crippen MR) is 50.8 cm³/mol. The zero-order valence-corrected chi connectivity index (χ0v) is 7.84. The van der Waals surface area contributed by atoms with Crippen LogP contribution >= 0.6 is 0 Å². The average Bonchev–Trinajstić information content (AvgIpc) is 2.04. The third kappa shape index (κ3) is 1.36. The maximum atomic E-state index is 3.18. The van der Waals surface area contributed by atoms with E-state index in [1.54, 1.807) is 0 Å². The molecule has 66 valence electrons. The second kappa shape index (κ2) is 3.49. The summed E-state index contributed by atoms with van der Waals surface area (Å²) in [6, 6.07) is 0.902. The molecule has 0 aromatic heterocycles. The molecule has 1 aliphatic heterocycles. The van der Waals surface area contributed by atoms with E-state index < -0.39 is 0 Å². The molecule has 0 aromatic rings. The Morgan fingerprint density at radius 3 is 2.92 bits per heavy atom. The lowest BCUT2D eigenvalue weighted by atomic mass is 9.73. The summed E-state index contributed by atoms with van der Waals surface area (Å²) in [5.41, 5.74) is 0. The number of rotatable bonds is 1. The molecule has 0 bridgehead atoms. The van der Waals surface area contributed by atoms with E-state index in [2.05, 4.69) is 16.7 Å². The van der Waals surface area contributed by atoms with Crippen molar-refractivity contribution in [3.8, 4) is 11.8 Å². The van der Waals surface area contributed by atoms with E-state index in [1.807, 2.05) is 6.92 Å². The second-order valence-corrected chi connectivity index (χ2v) is 3.94. The van der Waals surface area contributed by atoms with Gasteiger partial charge in [-0.25, -0.2) is 0 Å². The number of fused-ring (bicyclic) bond motifs is 1. The van der Waals surface area contributed by atoms with Gasteiger partial charge in [-0.3, -0.25) is 4.90 Å². The van der Waals surface area contributed by atoms with Crippen LogP contribution in [0.4, 0.5) is 0 Å². The molecule has 1 aliphatic carbocycles. The van der Waals surface area contributed by atoms with Crippen LogP contribution in [0.15, 0.2) is 0 Å². The molecule has 1 heteroatoms. The third-order valence-electron chi connectivity index (χ3n) is 3.33. The summed E-state index contributed by atoms with van der Waals surface area (Å²) in [6.07, 6.45) is 5.77. The number of hydrogen-bond donors (Lipinski definition) is 0. The van der Waals surface area contributed by atoms with Crippen LogP contribution in [-0.2, 0) is 0 Å². The first-order chi connectivity index (χ1) is 5.92. The monoisotopic (exact) mass is 163 g/mol. The van der Waals surface area contributed by atoms with Gasteiger partial charge in [-0.05, 0) is 45.1 Å². The van der Waals surface area contributed by atoms with Crippen molar-refractivity contribution >= 4 is 0 Å². The van der Waals surface area contributed by atoms with Gasteiger partial charge in [-0.1, -0.05) is 5.92 Å². The van der Waals surface area contributed by atoms with Crippen LogP contribution in [-0.4, -0.2) is 24.0 Å². The minimum absolute atomic E-state index is 0.902. The van der Waals surface area contributed by atoms with Crippen molar-refractivity contribution in [1.29, 1.82) is 0 Å². The molecule has 0 aromatic carbocycles. The van der Waals surface area contributed by atoms with Crippen molar-refractivity contribution in [2.75, 3.05) is 13.1 Å². The molecular formula is C11H17N. The fourth-order valence-electron chi connectivity index (χ4n) is 2.47. The molecule has 1 nitrogen and oxygen atoms in total. The first kappa shape index (κ1) is 8.13. The van der Waals surface area contributed by atoms with Gasteiger partial charge in [-0.2, -0.15) is 0 Å². The Morgan fingerprint density at radius 1 is 1.33 bits per heavy atom. The quantitative estimate of drug-likeness (QED) is 0.533. The van der Waals surface area contributed by atoms with Crippen molar-refractivity contribution in [3.05, 3.63) is 0 Å². The Kier molecular flexibility index (Phi) is 2.37. The molecule has 2 rings (SSSR count). The standard InChI is InChI=1S/C11H17N/c1-2-3-8-12-9-4-5-10-6-7-11(10)12/h10-11H,4-9H2,1H3/t10-,11+/m1/s1. The van der Waals surface area contributed by atoms with E-state index in [0.717, 1.165) is 18.5 Å². The van der Waals surface area contributed by atoms with E-state index in [4.69, 9.17) is 0 Å². The Balaban J connectivity index is 1.89. The summed E-state index contributed by atoms with van der Waals surface area (Å²) in [6.45, 7) is 4.23. The highest BCUT2D eigenvalue weighted by Crippen LogP contribution is 2.38. The predicted octanol–water partition coefficient (Wildman–Crippen LogP) is 1.88. The highest BCUT2D eigenvalue weighted by Gasteiger charge is 2.37. The molecule has 2 fully saturated rings. The fraction of sp³-hybridized carbons (Fsp3) is 0.818. The first-order valence-electron chi connectivity index (χ1n) is 5.05. The zero-order valence-electron chi connectivity index (χ0n) is 7.84. The maximum Gasteiger partial charge on any atom is 0.0603 e. The summed E-state index contributed by atoms with van der Waals surface area (Å²) in [4.78, 5) is 2.58. The van der Waals surface area contributed by atoms with E-state index in [1.165, 1.54) is 32.2 Å². The molecule has 12 heavy (non-hydrogen) atoms. The van der Waals surface area contributed by atoms with Crippen LogP contribution in [0, 0.1) is 17.8 Å². The van der Waals surface area contributed by atoms with Crippen molar-refractivity contribution in [1.82, 2.24) is 4.90 Å². The normalized spacial score (nSPS) is 34.4. The van der Waals surface area contributed by atoms with Crippen LogP contribution in [0.3, 0.4) is 0 Å². The van der Waals surface area contributed by atoms with Crippen LogP contribution in [0.5, 0.6) is 0 Å². The Hall–Kier alpha value is -0.480. The molecule has 0 unspecified atom stereocenters. The molecule has 2 aliphatic rings. The van der Waals surface area contributed by atoms with Crippen LogP contribution in [0.2, 0.25) is 0 Å². The highest BCUT2D eigenvalue weighted by atomic mass is 15.2. The van der Waals surface area contributed by atoms with Gasteiger partial charge in [0.15, 0.2) is 0 Å². The SMILES string of the molecule is CC#CCN1CCC[C@@H]2CC[C@@H]21. The van der Waals surface area contributed by atoms with Gasteiger partial charge in [0.1, 0.15) is 0 Å². The molecular weight excluding hydrogens is 146 g/mol. The van der Waals surface area contributed by atoms with Gasteiger partial charge in [0.2, 0.25) is 0 Å². The molecule has 0 radical (unpaired) electrons. The van der Waals surface area contributed by atoms with Gasteiger partial charge in [0.05, 0.1) is 6.54 Å². The van der Waals surface area contributed by atoms with E-state index in [9.17, 15) is 0 Å². The van der Waals surface area contributed by atoms with Gasteiger partial charge in [0, 0.05) is 6.04 Å². The molecule has 1 heterocycles. The summed E-state index contributed by atoms with van der Waals surface area (Å²) < 4.78 is 0. The maximum absolute atomic E-state index is 3.18. The smallest absolute Gasteiger partial charge is 0.0603 e. The van der Waals surface area contributed by atoms with Gasteiger partial charge in [0.25, 0.3) is 0 Å². The summed E-state index contributed by atoms with van der Waals surface area (Å²) in [5.74, 6) is 7.19. The molecule has 1 saturated heterocycles. The summed E-state index contributed by atoms with van der Waals surface area (Å²) in [7, 11) is 0.